The number of benzene rings is 2. The SMILES string of the molecule is COc1ccc(NC(=O)c2ccnc(Nc3cc(Cl)ccc3OC)n2)cc1. The van der Waals surface area contributed by atoms with Gasteiger partial charge in [-0.3, -0.25) is 4.79 Å². The number of aromatic nitrogens is 2. The van der Waals surface area contributed by atoms with Gasteiger partial charge in [-0.25, -0.2) is 9.97 Å². The molecule has 7 nitrogen and oxygen atoms in total. The van der Waals surface area contributed by atoms with E-state index in [-0.39, 0.29) is 17.5 Å². The van der Waals surface area contributed by atoms with Crippen molar-refractivity contribution in [1.29, 1.82) is 0 Å². The van der Waals surface area contributed by atoms with Gasteiger partial charge in [0.25, 0.3) is 5.91 Å². The van der Waals surface area contributed by atoms with Crippen molar-refractivity contribution in [1.82, 2.24) is 9.97 Å². The van der Waals surface area contributed by atoms with E-state index in [1.807, 2.05) is 0 Å². The number of anilines is 3. The molecule has 0 aliphatic heterocycles. The fourth-order valence-electron chi connectivity index (χ4n) is 2.31. The second-order valence-corrected chi connectivity index (χ2v) is 5.85. The Bertz CT molecular complexity index is 948. The van der Waals surface area contributed by atoms with Crippen LogP contribution in [0.1, 0.15) is 10.5 Å². The number of halogens is 1. The van der Waals surface area contributed by atoms with E-state index in [9.17, 15) is 4.79 Å². The monoisotopic (exact) mass is 384 g/mol. The molecule has 0 atom stereocenters. The third-order valence-electron chi connectivity index (χ3n) is 3.64. The Morgan fingerprint density at radius 2 is 1.81 bits per heavy atom. The number of nitrogens with zero attached hydrogens (tertiary/aromatic N) is 2. The molecule has 0 saturated carbocycles. The second kappa shape index (κ2) is 8.37. The topological polar surface area (TPSA) is 85.4 Å². The standard InChI is InChI=1S/C19H17ClN4O3/c1-26-14-6-4-13(5-7-14)22-18(25)15-9-10-21-19(23-15)24-16-11-12(20)3-8-17(16)27-2/h3-11H,1-2H3,(H,22,25)(H,21,23,24). The molecule has 3 rings (SSSR count). The Hall–Kier alpha value is -3.32. The van der Waals surface area contributed by atoms with Crippen molar-refractivity contribution in [3.8, 4) is 11.5 Å². The Morgan fingerprint density at radius 1 is 1.04 bits per heavy atom. The molecular weight excluding hydrogens is 368 g/mol. The lowest BCUT2D eigenvalue weighted by molar-refractivity contribution is 0.102. The molecule has 27 heavy (non-hydrogen) atoms. The van der Waals surface area contributed by atoms with Gasteiger partial charge in [-0.1, -0.05) is 11.6 Å². The van der Waals surface area contributed by atoms with Crippen LogP contribution in [0.15, 0.2) is 54.7 Å². The summed E-state index contributed by atoms with van der Waals surface area (Å²) in [5, 5.41) is 6.32. The highest BCUT2D eigenvalue weighted by Gasteiger charge is 2.11. The first-order chi connectivity index (χ1) is 13.1. The lowest BCUT2D eigenvalue weighted by atomic mass is 10.3. The van der Waals surface area contributed by atoms with Gasteiger partial charge in [-0.05, 0) is 48.5 Å². The van der Waals surface area contributed by atoms with Crippen LogP contribution in [0.5, 0.6) is 11.5 Å². The van der Waals surface area contributed by atoms with Crippen molar-refractivity contribution < 1.29 is 14.3 Å². The largest absolute Gasteiger partial charge is 0.497 e. The van der Waals surface area contributed by atoms with Gasteiger partial charge >= 0.3 is 0 Å². The van der Waals surface area contributed by atoms with E-state index in [0.717, 1.165) is 0 Å². The van der Waals surface area contributed by atoms with Crippen molar-refractivity contribution in [3.05, 3.63) is 65.4 Å². The van der Waals surface area contributed by atoms with Crippen LogP contribution in [-0.2, 0) is 0 Å². The molecule has 1 aromatic heterocycles. The van der Waals surface area contributed by atoms with Gasteiger partial charge in [0.15, 0.2) is 0 Å². The van der Waals surface area contributed by atoms with Crippen LogP contribution in [0.2, 0.25) is 5.02 Å². The number of carbonyl (C=O) groups excluding carboxylic acids is 1. The molecule has 138 valence electrons. The van der Waals surface area contributed by atoms with E-state index in [4.69, 9.17) is 21.1 Å². The lowest BCUT2D eigenvalue weighted by Gasteiger charge is -2.11. The summed E-state index contributed by atoms with van der Waals surface area (Å²) in [6.07, 6.45) is 1.50. The van der Waals surface area contributed by atoms with Crippen molar-refractivity contribution in [2.75, 3.05) is 24.9 Å². The molecule has 8 heteroatoms. The van der Waals surface area contributed by atoms with Crippen molar-refractivity contribution in [2.24, 2.45) is 0 Å². The summed E-state index contributed by atoms with van der Waals surface area (Å²) in [5.74, 6) is 1.18. The first-order valence-electron chi connectivity index (χ1n) is 7.98. The van der Waals surface area contributed by atoms with Crippen LogP contribution < -0.4 is 20.1 Å². The Balaban J connectivity index is 1.76. The number of nitrogens with one attached hydrogen (secondary N) is 2. The summed E-state index contributed by atoms with van der Waals surface area (Å²) in [6, 6.07) is 13.7. The zero-order valence-electron chi connectivity index (χ0n) is 14.7. The highest BCUT2D eigenvalue weighted by atomic mass is 35.5. The second-order valence-electron chi connectivity index (χ2n) is 5.42. The summed E-state index contributed by atoms with van der Waals surface area (Å²) in [7, 11) is 3.13. The van der Waals surface area contributed by atoms with E-state index < -0.39 is 0 Å². The van der Waals surface area contributed by atoms with Gasteiger partial charge in [0, 0.05) is 16.9 Å². The average Bonchev–Trinajstić information content (AvgIpc) is 2.69. The van der Waals surface area contributed by atoms with Gasteiger partial charge in [-0.2, -0.15) is 0 Å². The van der Waals surface area contributed by atoms with Crippen LogP contribution >= 0.6 is 11.6 Å². The van der Waals surface area contributed by atoms with Gasteiger partial charge in [0.05, 0.1) is 19.9 Å². The van der Waals surface area contributed by atoms with Crippen LogP contribution in [-0.4, -0.2) is 30.1 Å². The minimum Gasteiger partial charge on any atom is -0.497 e. The maximum atomic E-state index is 12.4. The average molecular weight is 385 g/mol. The Morgan fingerprint density at radius 3 is 2.52 bits per heavy atom. The van der Waals surface area contributed by atoms with E-state index in [0.29, 0.717) is 27.9 Å². The van der Waals surface area contributed by atoms with Crippen LogP contribution in [0.4, 0.5) is 17.3 Å². The molecule has 1 amide bonds. The van der Waals surface area contributed by atoms with Crippen LogP contribution in [0.3, 0.4) is 0 Å². The van der Waals surface area contributed by atoms with E-state index >= 15 is 0 Å². The van der Waals surface area contributed by atoms with E-state index in [1.165, 1.54) is 12.3 Å². The van der Waals surface area contributed by atoms with Crippen molar-refractivity contribution >= 4 is 34.8 Å². The molecule has 2 aromatic carbocycles. The summed E-state index contributed by atoms with van der Waals surface area (Å²) in [5.41, 5.74) is 1.44. The molecular formula is C19H17ClN4O3. The Labute approximate surface area is 161 Å². The van der Waals surface area contributed by atoms with Crippen LogP contribution in [0.25, 0.3) is 0 Å². The third-order valence-corrected chi connectivity index (χ3v) is 3.88. The number of amides is 1. The highest BCUT2D eigenvalue weighted by molar-refractivity contribution is 6.31. The molecule has 0 fully saturated rings. The zero-order chi connectivity index (χ0) is 19.2. The number of hydrogen-bond donors (Lipinski definition) is 2. The lowest BCUT2D eigenvalue weighted by Crippen LogP contribution is -2.14. The Kier molecular flexibility index (Phi) is 5.73. The molecule has 0 aliphatic rings. The van der Waals surface area contributed by atoms with Gasteiger partial charge in [0.2, 0.25) is 5.95 Å². The number of hydrogen-bond acceptors (Lipinski definition) is 6. The fraction of sp³-hybridized carbons (Fsp3) is 0.105. The maximum absolute atomic E-state index is 12.4. The molecule has 0 radical (unpaired) electrons. The van der Waals surface area contributed by atoms with Gasteiger partial charge < -0.3 is 20.1 Å². The number of rotatable bonds is 6. The summed E-state index contributed by atoms with van der Waals surface area (Å²) >= 11 is 6.02. The minimum atomic E-state index is -0.358. The molecule has 0 spiro atoms. The third kappa shape index (κ3) is 4.65. The zero-order valence-corrected chi connectivity index (χ0v) is 15.4. The van der Waals surface area contributed by atoms with Gasteiger partial charge in [-0.15, -0.1) is 0 Å². The molecule has 0 unspecified atom stereocenters. The summed E-state index contributed by atoms with van der Waals surface area (Å²) in [4.78, 5) is 20.8. The summed E-state index contributed by atoms with van der Waals surface area (Å²) in [6.45, 7) is 0. The molecule has 1 heterocycles. The molecule has 0 aliphatic carbocycles. The fourth-order valence-corrected chi connectivity index (χ4v) is 2.49. The minimum absolute atomic E-state index is 0.212. The van der Waals surface area contributed by atoms with E-state index in [2.05, 4.69) is 20.6 Å². The van der Waals surface area contributed by atoms with Gasteiger partial charge in [0.1, 0.15) is 17.2 Å². The molecule has 3 aromatic rings. The smallest absolute Gasteiger partial charge is 0.274 e. The molecule has 2 N–H and O–H groups in total. The first kappa shape index (κ1) is 18.5. The number of carbonyl (C=O) groups is 1. The van der Waals surface area contributed by atoms with E-state index in [1.54, 1.807) is 56.7 Å². The van der Waals surface area contributed by atoms with Crippen molar-refractivity contribution in [2.45, 2.75) is 0 Å². The predicted molar refractivity (Wildman–Crippen MR) is 104 cm³/mol. The maximum Gasteiger partial charge on any atom is 0.274 e. The highest BCUT2D eigenvalue weighted by Crippen LogP contribution is 2.29. The predicted octanol–water partition coefficient (Wildman–Crippen LogP) is 4.14. The molecule has 0 saturated heterocycles. The van der Waals surface area contributed by atoms with Crippen molar-refractivity contribution in [3.63, 3.8) is 0 Å². The molecule has 0 bridgehead atoms. The number of methoxy groups -OCH3 is 2. The normalized spacial score (nSPS) is 10.2. The van der Waals surface area contributed by atoms with Crippen LogP contribution in [0, 0.1) is 0 Å². The first-order valence-corrected chi connectivity index (χ1v) is 8.36. The quantitative estimate of drug-likeness (QED) is 0.664. The summed E-state index contributed by atoms with van der Waals surface area (Å²) < 4.78 is 10.4. The number of ether oxygens (including phenoxy) is 2.